The summed E-state index contributed by atoms with van der Waals surface area (Å²) in [4.78, 5) is 20.7. The maximum Gasteiger partial charge on any atom is 0.324 e. The van der Waals surface area contributed by atoms with Crippen LogP contribution in [0, 0.1) is 12.7 Å². The van der Waals surface area contributed by atoms with Gasteiger partial charge in [-0.05, 0) is 36.6 Å². The van der Waals surface area contributed by atoms with E-state index in [9.17, 15) is 9.18 Å². The van der Waals surface area contributed by atoms with Crippen molar-refractivity contribution in [3.05, 3.63) is 100 Å². The van der Waals surface area contributed by atoms with Crippen LogP contribution < -0.4 is 15.6 Å². The van der Waals surface area contributed by atoms with Crippen LogP contribution in [0.3, 0.4) is 0 Å². The maximum atomic E-state index is 14.3. The van der Waals surface area contributed by atoms with Crippen LogP contribution in [0.15, 0.2) is 77.7 Å². The van der Waals surface area contributed by atoms with Crippen LogP contribution in [0.4, 0.5) is 10.2 Å². The number of benzene rings is 2. The second-order valence-electron chi connectivity index (χ2n) is 7.44. The molecule has 0 saturated carbocycles. The molecule has 32 heavy (non-hydrogen) atoms. The molecule has 0 amide bonds. The molecule has 0 aliphatic rings. The van der Waals surface area contributed by atoms with Crippen LogP contribution in [-0.2, 0) is 13.5 Å². The highest BCUT2D eigenvalue weighted by Crippen LogP contribution is 2.28. The van der Waals surface area contributed by atoms with E-state index in [1.54, 1.807) is 44.4 Å². The highest BCUT2D eigenvalue weighted by molar-refractivity contribution is 5.62. The van der Waals surface area contributed by atoms with Crippen molar-refractivity contribution in [3.63, 3.8) is 0 Å². The summed E-state index contributed by atoms with van der Waals surface area (Å²) in [6.45, 7) is 2.40. The minimum Gasteiger partial charge on any atom is -0.421 e. The predicted molar refractivity (Wildman–Crippen MR) is 123 cm³/mol. The molecule has 0 aliphatic heterocycles. The first-order valence-corrected chi connectivity index (χ1v) is 10.3. The molecule has 7 heteroatoms. The predicted octanol–water partition coefficient (Wildman–Crippen LogP) is 4.74. The van der Waals surface area contributed by atoms with E-state index in [0.29, 0.717) is 23.6 Å². The Morgan fingerprint density at radius 3 is 2.59 bits per heavy atom. The van der Waals surface area contributed by atoms with E-state index in [-0.39, 0.29) is 17.3 Å². The summed E-state index contributed by atoms with van der Waals surface area (Å²) in [5, 5.41) is 3.29. The smallest absolute Gasteiger partial charge is 0.324 e. The van der Waals surface area contributed by atoms with Gasteiger partial charge in [0, 0.05) is 37.5 Å². The first-order chi connectivity index (χ1) is 15.5. The van der Waals surface area contributed by atoms with Crippen molar-refractivity contribution in [1.29, 1.82) is 0 Å². The minimum absolute atomic E-state index is 0.0202. The van der Waals surface area contributed by atoms with Crippen LogP contribution in [0.2, 0.25) is 0 Å². The molecule has 0 fully saturated rings. The molecule has 4 aromatic rings. The fraction of sp³-hybridized carbons (Fsp3) is 0.160. The summed E-state index contributed by atoms with van der Waals surface area (Å²) in [7, 11) is 1.67. The maximum absolute atomic E-state index is 14.3. The molecule has 2 aromatic heterocycles. The van der Waals surface area contributed by atoms with E-state index in [0.717, 1.165) is 12.0 Å². The number of ether oxygens (including phenoxy) is 1. The average Bonchev–Trinajstić information content (AvgIpc) is 2.79. The van der Waals surface area contributed by atoms with Crippen molar-refractivity contribution in [2.75, 3.05) is 11.9 Å². The number of rotatable bonds is 7. The lowest BCUT2D eigenvalue weighted by Gasteiger charge is -2.13. The lowest BCUT2D eigenvalue weighted by Crippen LogP contribution is -2.14. The first kappa shape index (κ1) is 21.2. The molecule has 4 rings (SSSR count). The van der Waals surface area contributed by atoms with Gasteiger partial charge in [0.05, 0.1) is 5.69 Å². The molecule has 0 saturated heterocycles. The summed E-state index contributed by atoms with van der Waals surface area (Å²) in [5.41, 5.74) is 2.99. The van der Waals surface area contributed by atoms with Crippen molar-refractivity contribution < 1.29 is 9.13 Å². The molecule has 0 bridgehead atoms. The Labute approximate surface area is 185 Å². The number of para-hydroxylation sites is 1. The zero-order valence-corrected chi connectivity index (χ0v) is 17.9. The van der Waals surface area contributed by atoms with Gasteiger partial charge in [-0.3, -0.25) is 4.79 Å². The molecule has 0 atom stereocenters. The van der Waals surface area contributed by atoms with E-state index in [1.807, 2.05) is 18.2 Å². The Kier molecular flexibility index (Phi) is 6.26. The van der Waals surface area contributed by atoms with E-state index in [4.69, 9.17) is 4.74 Å². The van der Waals surface area contributed by atoms with Gasteiger partial charge < -0.3 is 14.6 Å². The van der Waals surface area contributed by atoms with E-state index in [1.165, 1.54) is 22.3 Å². The Morgan fingerprint density at radius 2 is 1.84 bits per heavy atom. The highest BCUT2D eigenvalue weighted by Gasteiger charge is 2.13. The van der Waals surface area contributed by atoms with Crippen molar-refractivity contribution in [1.82, 2.24) is 14.5 Å². The third-order valence-corrected chi connectivity index (χ3v) is 5.01. The summed E-state index contributed by atoms with van der Waals surface area (Å²) < 4.78 is 21.5. The Bertz CT molecular complexity index is 1270. The number of hydrogen-bond donors (Lipinski definition) is 1. The van der Waals surface area contributed by atoms with Crippen molar-refractivity contribution in [3.8, 4) is 23.0 Å². The molecule has 0 spiro atoms. The lowest BCUT2D eigenvalue weighted by molar-refractivity contribution is 0.409. The fourth-order valence-electron chi connectivity index (χ4n) is 3.27. The average molecular weight is 430 g/mol. The molecular formula is C25H23FN4O2. The Balaban J connectivity index is 1.65. The van der Waals surface area contributed by atoms with Crippen molar-refractivity contribution in [2.45, 2.75) is 13.3 Å². The van der Waals surface area contributed by atoms with E-state index < -0.39 is 5.82 Å². The third kappa shape index (κ3) is 5.00. The lowest BCUT2D eigenvalue weighted by atomic mass is 10.1. The molecule has 0 aliphatic carbocycles. The van der Waals surface area contributed by atoms with E-state index >= 15 is 0 Å². The number of nitrogens with zero attached hydrogens (tertiary/aromatic N) is 3. The van der Waals surface area contributed by atoms with Gasteiger partial charge in [-0.1, -0.05) is 42.5 Å². The fourth-order valence-corrected chi connectivity index (χ4v) is 3.27. The van der Waals surface area contributed by atoms with Gasteiger partial charge in [-0.15, -0.1) is 0 Å². The molecule has 1 N–H and O–H groups in total. The zero-order chi connectivity index (χ0) is 22.5. The van der Waals surface area contributed by atoms with Crippen molar-refractivity contribution >= 4 is 5.82 Å². The molecule has 0 unspecified atom stereocenters. The highest BCUT2D eigenvalue weighted by atomic mass is 19.1. The SMILES string of the molecule is Cc1cccc(F)c1Oc1nc(NCCc2ccccc2)cc(-c2ccc(=O)n(C)c2)n1. The molecule has 162 valence electrons. The summed E-state index contributed by atoms with van der Waals surface area (Å²) >= 11 is 0. The van der Waals surface area contributed by atoms with Crippen LogP contribution in [0.1, 0.15) is 11.1 Å². The minimum atomic E-state index is -0.486. The van der Waals surface area contributed by atoms with Gasteiger partial charge in [0.1, 0.15) is 5.82 Å². The van der Waals surface area contributed by atoms with Crippen LogP contribution >= 0.6 is 0 Å². The van der Waals surface area contributed by atoms with Gasteiger partial charge in [0.25, 0.3) is 0 Å². The number of halogens is 1. The van der Waals surface area contributed by atoms with Crippen LogP contribution in [-0.4, -0.2) is 21.1 Å². The molecule has 2 aromatic carbocycles. The monoisotopic (exact) mass is 430 g/mol. The van der Waals surface area contributed by atoms with Gasteiger partial charge in [-0.2, -0.15) is 9.97 Å². The quantitative estimate of drug-likeness (QED) is 0.459. The molecule has 2 heterocycles. The Morgan fingerprint density at radius 1 is 1.03 bits per heavy atom. The van der Waals surface area contributed by atoms with Gasteiger partial charge in [0.15, 0.2) is 11.6 Å². The number of aromatic nitrogens is 3. The molecule has 6 nitrogen and oxygen atoms in total. The first-order valence-electron chi connectivity index (χ1n) is 10.3. The number of nitrogens with one attached hydrogen (secondary N) is 1. The number of hydrogen-bond acceptors (Lipinski definition) is 5. The van der Waals surface area contributed by atoms with Crippen LogP contribution in [0.25, 0.3) is 11.3 Å². The summed E-state index contributed by atoms with van der Waals surface area (Å²) in [6, 6.07) is 19.8. The number of anilines is 1. The second kappa shape index (κ2) is 9.43. The number of aryl methyl sites for hydroxylation is 2. The normalized spacial score (nSPS) is 10.7. The van der Waals surface area contributed by atoms with Gasteiger partial charge >= 0.3 is 6.01 Å². The van der Waals surface area contributed by atoms with Crippen molar-refractivity contribution in [2.24, 2.45) is 7.05 Å². The van der Waals surface area contributed by atoms with Gasteiger partial charge in [0.2, 0.25) is 5.56 Å². The second-order valence-corrected chi connectivity index (χ2v) is 7.44. The van der Waals surface area contributed by atoms with Gasteiger partial charge in [-0.25, -0.2) is 4.39 Å². The topological polar surface area (TPSA) is 69.0 Å². The standard InChI is InChI=1S/C25H23FN4O2/c1-17-7-6-10-20(26)24(17)32-25-28-21(19-11-12-23(31)30(2)16-19)15-22(29-25)27-14-13-18-8-4-3-5-9-18/h3-12,15-16H,13-14H2,1-2H3,(H,27,28,29). The summed E-state index contributed by atoms with van der Waals surface area (Å²) in [6.07, 6.45) is 2.50. The third-order valence-electron chi connectivity index (χ3n) is 5.01. The van der Waals surface area contributed by atoms with E-state index in [2.05, 4.69) is 27.4 Å². The molecule has 0 radical (unpaired) electrons. The molecular weight excluding hydrogens is 407 g/mol. The van der Waals surface area contributed by atoms with Crippen LogP contribution in [0.5, 0.6) is 11.8 Å². The summed E-state index contributed by atoms with van der Waals surface area (Å²) in [5.74, 6) is 0.142. The number of pyridine rings is 1. The zero-order valence-electron chi connectivity index (χ0n) is 17.9. The Hall–Kier alpha value is -4.00. The largest absolute Gasteiger partial charge is 0.421 e.